The van der Waals surface area contributed by atoms with Gasteiger partial charge in [-0.05, 0) is 85.9 Å². The van der Waals surface area contributed by atoms with Gasteiger partial charge in [-0.3, -0.25) is 0 Å². The van der Waals surface area contributed by atoms with E-state index >= 15 is 0 Å². The Morgan fingerprint density at radius 3 is 2.00 bits per heavy atom. The molecule has 0 heterocycles. The molecule has 1 fully saturated rings. The van der Waals surface area contributed by atoms with E-state index in [0.29, 0.717) is 0 Å². The third-order valence-corrected chi connectivity index (χ3v) is 7.89. The van der Waals surface area contributed by atoms with Crippen molar-refractivity contribution in [3.63, 3.8) is 0 Å². The average Bonchev–Trinajstić information content (AvgIpc) is 2.84. The van der Waals surface area contributed by atoms with E-state index < -0.39 is 0 Å². The Hall–Kier alpha value is -1.64. The highest BCUT2D eigenvalue weighted by Gasteiger charge is 2.38. The monoisotopic (exact) mass is 464 g/mol. The number of allylic oxidation sites excluding steroid dienone is 4. The van der Waals surface area contributed by atoms with Gasteiger partial charge in [-0.2, -0.15) is 0 Å². The molecule has 32 heavy (non-hydrogen) atoms. The van der Waals surface area contributed by atoms with Crippen LogP contribution in [0.2, 0.25) is 0 Å². The Morgan fingerprint density at radius 2 is 1.53 bits per heavy atom. The van der Waals surface area contributed by atoms with Gasteiger partial charge in [-0.1, -0.05) is 88.5 Å². The van der Waals surface area contributed by atoms with Crippen molar-refractivity contribution in [1.82, 2.24) is 0 Å². The highest BCUT2D eigenvalue weighted by Crippen LogP contribution is 2.48. The van der Waals surface area contributed by atoms with E-state index in [1.54, 1.807) is 11.8 Å². The Morgan fingerprint density at radius 1 is 1.00 bits per heavy atom. The molecule has 1 aliphatic carbocycles. The molecule has 0 radical (unpaired) electrons. The zero-order valence-corrected chi connectivity index (χ0v) is 22.2. The van der Waals surface area contributed by atoms with Crippen LogP contribution in [0.15, 0.2) is 94.1 Å². The van der Waals surface area contributed by atoms with E-state index in [2.05, 4.69) is 93.7 Å². The van der Waals surface area contributed by atoms with Gasteiger partial charge in [0.05, 0.1) is 0 Å². The summed E-state index contributed by atoms with van der Waals surface area (Å²) in [6, 6.07) is 18.1. The first-order chi connectivity index (χ1) is 15.5. The molecule has 0 bridgehead atoms. The molecule has 0 spiro atoms. The second-order valence-electron chi connectivity index (χ2n) is 8.64. The van der Waals surface area contributed by atoms with Crippen LogP contribution in [0.4, 0.5) is 0 Å². The summed E-state index contributed by atoms with van der Waals surface area (Å²) in [5, 5.41) is 0. The molecule has 0 aromatic heterocycles. The standard InChI is InChI=1S/C28H34S2.C2H6/c1-5-7-8-26(6-2)30-27-15-11-24(12-16-27)28(23-9-13-25(29)14-10-23)19-17-22(18-20-28)21(3)4;1-2/h5-16,21-22,29H,2,17-20H2,1,3-4H3;1-2H3/b7-5-,26-8+;. The molecule has 0 unspecified atom stereocenters. The van der Waals surface area contributed by atoms with Crippen molar-refractivity contribution >= 4 is 24.4 Å². The number of benzene rings is 2. The van der Waals surface area contributed by atoms with Crippen LogP contribution in [0.5, 0.6) is 0 Å². The maximum absolute atomic E-state index is 4.51. The lowest BCUT2D eigenvalue weighted by Gasteiger charge is -2.42. The Labute approximate surface area is 206 Å². The van der Waals surface area contributed by atoms with Gasteiger partial charge in [0.2, 0.25) is 0 Å². The van der Waals surface area contributed by atoms with Crippen molar-refractivity contribution in [2.45, 2.75) is 75.5 Å². The minimum atomic E-state index is 0.109. The summed E-state index contributed by atoms with van der Waals surface area (Å²) < 4.78 is 0. The summed E-state index contributed by atoms with van der Waals surface area (Å²) in [7, 11) is 0. The third kappa shape index (κ3) is 6.68. The highest BCUT2D eigenvalue weighted by molar-refractivity contribution is 8.03. The first-order valence-corrected chi connectivity index (χ1v) is 13.3. The molecule has 2 aromatic carbocycles. The van der Waals surface area contributed by atoms with Crippen molar-refractivity contribution in [3.05, 3.63) is 95.4 Å². The van der Waals surface area contributed by atoms with E-state index in [0.717, 1.165) is 21.6 Å². The molecule has 2 heteroatoms. The Bertz CT molecular complexity index is 877. The van der Waals surface area contributed by atoms with Crippen molar-refractivity contribution in [3.8, 4) is 0 Å². The summed E-state index contributed by atoms with van der Waals surface area (Å²) >= 11 is 6.28. The van der Waals surface area contributed by atoms with Crippen molar-refractivity contribution in [2.75, 3.05) is 0 Å². The fourth-order valence-electron chi connectivity index (χ4n) is 4.64. The van der Waals surface area contributed by atoms with Crippen LogP contribution >= 0.6 is 24.4 Å². The topological polar surface area (TPSA) is 0 Å². The maximum atomic E-state index is 4.51. The molecule has 0 aliphatic heterocycles. The molecule has 3 rings (SSSR count). The molecule has 1 saturated carbocycles. The van der Waals surface area contributed by atoms with Crippen LogP contribution in [0.1, 0.15) is 71.4 Å². The van der Waals surface area contributed by atoms with Gasteiger partial charge in [0.1, 0.15) is 0 Å². The zero-order chi connectivity index (χ0) is 23.6. The molecule has 0 N–H and O–H groups in total. The quantitative estimate of drug-likeness (QED) is 0.242. The van der Waals surface area contributed by atoms with E-state index in [1.807, 2.05) is 32.9 Å². The van der Waals surface area contributed by atoms with Crippen LogP contribution in [0.3, 0.4) is 0 Å². The van der Waals surface area contributed by atoms with E-state index in [4.69, 9.17) is 0 Å². The number of rotatable bonds is 7. The predicted octanol–water partition coefficient (Wildman–Crippen LogP) is 9.87. The summed E-state index contributed by atoms with van der Waals surface area (Å²) in [6.07, 6.45) is 13.2. The minimum absolute atomic E-state index is 0.109. The van der Waals surface area contributed by atoms with Gasteiger partial charge in [0.25, 0.3) is 0 Å². The van der Waals surface area contributed by atoms with Gasteiger partial charge < -0.3 is 0 Å². The first kappa shape index (κ1) is 26.6. The molecule has 172 valence electrons. The Balaban J connectivity index is 0.00000176. The summed E-state index contributed by atoms with van der Waals surface area (Å²) in [6.45, 7) is 14.7. The lowest BCUT2D eigenvalue weighted by molar-refractivity contribution is 0.217. The molecule has 0 atom stereocenters. The molecule has 0 amide bonds. The smallest absolute Gasteiger partial charge is 0.0203 e. The second kappa shape index (κ2) is 13.2. The zero-order valence-electron chi connectivity index (χ0n) is 20.5. The van der Waals surface area contributed by atoms with Gasteiger partial charge in [0.15, 0.2) is 0 Å². The third-order valence-electron chi connectivity index (χ3n) is 6.54. The van der Waals surface area contributed by atoms with Crippen LogP contribution in [-0.2, 0) is 5.41 Å². The molecule has 2 aromatic rings. The molecule has 1 aliphatic rings. The first-order valence-electron chi connectivity index (χ1n) is 12.0. The molecule has 0 nitrogen and oxygen atoms in total. The number of thioether (sulfide) groups is 1. The van der Waals surface area contributed by atoms with Gasteiger partial charge in [0, 0.05) is 20.1 Å². The predicted molar refractivity (Wildman–Crippen MR) is 148 cm³/mol. The van der Waals surface area contributed by atoms with Crippen molar-refractivity contribution < 1.29 is 0 Å². The van der Waals surface area contributed by atoms with Gasteiger partial charge >= 0.3 is 0 Å². The largest absolute Gasteiger partial charge is 0.143 e. The van der Waals surface area contributed by atoms with E-state index in [-0.39, 0.29) is 5.41 Å². The molecular weight excluding hydrogens is 424 g/mol. The summed E-state index contributed by atoms with van der Waals surface area (Å²) in [5.74, 6) is 1.60. The van der Waals surface area contributed by atoms with E-state index in [9.17, 15) is 0 Å². The fourth-order valence-corrected chi connectivity index (χ4v) is 5.56. The normalized spacial score (nSPS) is 21.3. The van der Waals surface area contributed by atoms with Crippen molar-refractivity contribution in [1.29, 1.82) is 0 Å². The lowest BCUT2D eigenvalue weighted by Crippen LogP contribution is -2.34. The molecule has 0 saturated heterocycles. The summed E-state index contributed by atoms with van der Waals surface area (Å²) in [5.41, 5.74) is 2.99. The second-order valence-corrected chi connectivity index (χ2v) is 10.3. The number of thiol groups is 1. The van der Waals surface area contributed by atoms with Crippen LogP contribution in [-0.4, -0.2) is 0 Å². The van der Waals surface area contributed by atoms with E-state index in [1.165, 1.54) is 41.7 Å². The minimum Gasteiger partial charge on any atom is -0.143 e. The van der Waals surface area contributed by atoms with Gasteiger partial charge in [-0.25, -0.2) is 0 Å². The Kier molecular flexibility index (Phi) is 10.9. The number of hydrogen-bond acceptors (Lipinski definition) is 2. The highest BCUT2D eigenvalue weighted by atomic mass is 32.2. The van der Waals surface area contributed by atoms with Gasteiger partial charge in [-0.15, -0.1) is 12.6 Å². The van der Waals surface area contributed by atoms with Crippen molar-refractivity contribution in [2.24, 2.45) is 11.8 Å². The molecular formula is C30H40S2. The lowest BCUT2D eigenvalue weighted by atomic mass is 9.62. The maximum Gasteiger partial charge on any atom is 0.0203 e. The van der Waals surface area contributed by atoms with Crippen LogP contribution in [0.25, 0.3) is 0 Å². The number of hydrogen-bond donors (Lipinski definition) is 1. The van der Waals surface area contributed by atoms with Crippen LogP contribution < -0.4 is 0 Å². The van der Waals surface area contributed by atoms with Crippen LogP contribution in [0, 0.1) is 11.8 Å². The SMILES string of the molecule is C=C/C(=C\C=C/C)Sc1ccc(C2(c3ccc(S)cc3)CCC(C(C)C)CC2)cc1.CC. The summed E-state index contributed by atoms with van der Waals surface area (Å²) in [4.78, 5) is 3.45. The average molecular weight is 465 g/mol. The fraction of sp³-hybridized carbons (Fsp3) is 0.400.